The van der Waals surface area contributed by atoms with E-state index in [1.165, 1.54) is 0 Å². The third kappa shape index (κ3) is 4.88. The van der Waals surface area contributed by atoms with E-state index in [-0.39, 0.29) is 6.61 Å². The van der Waals surface area contributed by atoms with Crippen molar-refractivity contribution in [3.8, 4) is 22.9 Å². The molecule has 0 atom stereocenters. The van der Waals surface area contributed by atoms with Crippen molar-refractivity contribution >= 4 is 6.21 Å². The van der Waals surface area contributed by atoms with Gasteiger partial charge in [-0.15, -0.1) is 0 Å². The number of hydrogen-bond acceptors (Lipinski definition) is 7. The molecule has 146 valence electrons. The van der Waals surface area contributed by atoms with Gasteiger partial charge in [0, 0.05) is 11.1 Å². The average molecular weight is 381 g/mol. The molecule has 0 aliphatic carbocycles. The van der Waals surface area contributed by atoms with Crippen molar-refractivity contribution in [2.75, 3.05) is 13.7 Å². The Balaban J connectivity index is 1.58. The van der Waals surface area contributed by atoms with Crippen molar-refractivity contribution < 1.29 is 18.8 Å². The fourth-order valence-electron chi connectivity index (χ4n) is 2.53. The van der Waals surface area contributed by atoms with Gasteiger partial charge in [0.15, 0.2) is 18.1 Å². The first-order valence-corrected chi connectivity index (χ1v) is 9.06. The van der Waals surface area contributed by atoms with Crippen LogP contribution in [0.1, 0.15) is 30.4 Å². The zero-order valence-corrected chi connectivity index (χ0v) is 16.2. The number of ether oxygens (including phenoxy) is 2. The average Bonchev–Trinajstić information content (AvgIpc) is 3.19. The predicted octanol–water partition coefficient (Wildman–Crippen LogP) is 4.39. The Morgan fingerprint density at radius 1 is 1.14 bits per heavy atom. The summed E-state index contributed by atoms with van der Waals surface area (Å²) >= 11 is 0. The standard InChI is InChI=1S/C21H23N3O4/c1-4-11-26-18-10-9-16(12-19(18)25-3)13-22-27-14-20-23-21(24-28-20)17-8-6-5-7-15(17)2/h5-10,12-13H,4,11,14H2,1-3H3/b22-13-. The van der Waals surface area contributed by atoms with E-state index in [4.69, 9.17) is 18.8 Å². The molecular weight excluding hydrogens is 358 g/mol. The third-order valence-corrected chi connectivity index (χ3v) is 3.97. The molecule has 0 amide bonds. The highest BCUT2D eigenvalue weighted by Gasteiger charge is 2.10. The van der Waals surface area contributed by atoms with E-state index in [0.717, 1.165) is 23.1 Å². The smallest absolute Gasteiger partial charge is 0.267 e. The van der Waals surface area contributed by atoms with Crippen LogP contribution < -0.4 is 9.47 Å². The molecule has 0 aliphatic heterocycles. The second kappa shape index (κ2) is 9.55. The summed E-state index contributed by atoms with van der Waals surface area (Å²) in [5.41, 5.74) is 2.83. The van der Waals surface area contributed by atoms with Crippen molar-refractivity contribution in [2.45, 2.75) is 26.9 Å². The Bertz CT molecular complexity index is 937. The van der Waals surface area contributed by atoms with Crippen molar-refractivity contribution in [2.24, 2.45) is 5.16 Å². The molecule has 0 fully saturated rings. The van der Waals surface area contributed by atoms with Crippen LogP contribution in [0.25, 0.3) is 11.4 Å². The van der Waals surface area contributed by atoms with Gasteiger partial charge in [0.2, 0.25) is 5.82 Å². The van der Waals surface area contributed by atoms with Crippen LogP contribution in [-0.2, 0) is 11.4 Å². The summed E-state index contributed by atoms with van der Waals surface area (Å²) in [5.74, 6) is 2.25. The van der Waals surface area contributed by atoms with Gasteiger partial charge in [-0.1, -0.05) is 41.5 Å². The van der Waals surface area contributed by atoms with Crippen molar-refractivity contribution in [1.82, 2.24) is 10.1 Å². The Kier molecular flexibility index (Phi) is 6.62. The number of benzene rings is 2. The Labute approximate surface area is 163 Å². The largest absolute Gasteiger partial charge is 0.493 e. The van der Waals surface area contributed by atoms with Gasteiger partial charge in [0.1, 0.15) is 0 Å². The fourth-order valence-corrected chi connectivity index (χ4v) is 2.53. The molecule has 3 aromatic rings. The second-order valence-corrected chi connectivity index (χ2v) is 6.09. The molecular formula is C21H23N3O4. The minimum Gasteiger partial charge on any atom is -0.493 e. The first-order valence-electron chi connectivity index (χ1n) is 9.06. The minimum atomic E-state index is 0.0875. The van der Waals surface area contributed by atoms with Crippen LogP contribution in [0.5, 0.6) is 11.5 Å². The second-order valence-electron chi connectivity index (χ2n) is 6.09. The van der Waals surface area contributed by atoms with E-state index in [2.05, 4.69) is 22.2 Å². The molecule has 0 bridgehead atoms. The summed E-state index contributed by atoms with van der Waals surface area (Å²) in [6.45, 7) is 4.78. The quantitative estimate of drug-likeness (QED) is 0.404. The van der Waals surface area contributed by atoms with E-state index in [0.29, 0.717) is 29.8 Å². The van der Waals surface area contributed by atoms with E-state index in [9.17, 15) is 0 Å². The summed E-state index contributed by atoms with van der Waals surface area (Å²) < 4.78 is 16.2. The van der Waals surface area contributed by atoms with Crippen LogP contribution in [0, 0.1) is 6.92 Å². The van der Waals surface area contributed by atoms with Gasteiger partial charge >= 0.3 is 0 Å². The summed E-state index contributed by atoms with van der Waals surface area (Å²) in [7, 11) is 1.60. The molecule has 7 heteroatoms. The molecule has 28 heavy (non-hydrogen) atoms. The molecule has 1 aromatic heterocycles. The van der Waals surface area contributed by atoms with Crippen LogP contribution in [0.3, 0.4) is 0 Å². The summed E-state index contributed by atoms with van der Waals surface area (Å²) in [6, 6.07) is 13.4. The van der Waals surface area contributed by atoms with E-state index in [1.54, 1.807) is 13.3 Å². The van der Waals surface area contributed by atoms with Crippen LogP contribution in [0.2, 0.25) is 0 Å². The maximum Gasteiger partial charge on any atom is 0.267 e. The van der Waals surface area contributed by atoms with Gasteiger partial charge in [-0.3, -0.25) is 0 Å². The SMILES string of the molecule is CCCOc1ccc(/C=N\OCc2nc(-c3ccccc3C)no2)cc1OC. The van der Waals surface area contributed by atoms with Gasteiger partial charge in [-0.25, -0.2) is 0 Å². The van der Waals surface area contributed by atoms with E-state index < -0.39 is 0 Å². The van der Waals surface area contributed by atoms with E-state index >= 15 is 0 Å². The van der Waals surface area contributed by atoms with Gasteiger partial charge < -0.3 is 18.8 Å². The monoisotopic (exact) mass is 381 g/mol. The highest BCUT2D eigenvalue weighted by Crippen LogP contribution is 2.27. The zero-order valence-electron chi connectivity index (χ0n) is 16.2. The van der Waals surface area contributed by atoms with Crippen LogP contribution in [0.4, 0.5) is 0 Å². The highest BCUT2D eigenvalue weighted by atomic mass is 16.6. The Morgan fingerprint density at radius 2 is 2.00 bits per heavy atom. The summed E-state index contributed by atoms with van der Waals surface area (Å²) in [5, 5.41) is 7.95. The summed E-state index contributed by atoms with van der Waals surface area (Å²) in [4.78, 5) is 9.61. The lowest BCUT2D eigenvalue weighted by Crippen LogP contribution is -1.98. The number of methoxy groups -OCH3 is 1. The first kappa shape index (κ1) is 19.4. The third-order valence-electron chi connectivity index (χ3n) is 3.97. The van der Waals surface area contributed by atoms with Gasteiger partial charge in [0.25, 0.3) is 5.89 Å². The normalized spacial score (nSPS) is 11.0. The van der Waals surface area contributed by atoms with Crippen LogP contribution >= 0.6 is 0 Å². The maximum absolute atomic E-state index is 5.63. The zero-order chi connectivity index (χ0) is 19.8. The molecule has 3 rings (SSSR count). The molecule has 1 heterocycles. The lowest BCUT2D eigenvalue weighted by Gasteiger charge is -2.10. The lowest BCUT2D eigenvalue weighted by atomic mass is 10.1. The first-order chi connectivity index (χ1) is 13.7. The number of rotatable bonds is 9. The molecule has 0 saturated carbocycles. The molecule has 0 spiro atoms. The molecule has 0 unspecified atom stereocenters. The van der Waals surface area contributed by atoms with E-state index in [1.807, 2.05) is 49.4 Å². The molecule has 0 radical (unpaired) electrons. The van der Waals surface area contributed by atoms with Crippen LogP contribution in [-0.4, -0.2) is 30.1 Å². The van der Waals surface area contributed by atoms with Crippen molar-refractivity contribution in [3.63, 3.8) is 0 Å². The van der Waals surface area contributed by atoms with Crippen molar-refractivity contribution in [1.29, 1.82) is 0 Å². The molecule has 0 N–H and O–H groups in total. The Morgan fingerprint density at radius 3 is 2.79 bits per heavy atom. The number of nitrogens with zero attached hydrogens (tertiary/aromatic N) is 3. The number of hydrogen-bond donors (Lipinski definition) is 0. The number of aryl methyl sites for hydroxylation is 1. The van der Waals surface area contributed by atoms with Gasteiger partial charge in [0.05, 0.1) is 19.9 Å². The molecule has 2 aromatic carbocycles. The number of oxime groups is 1. The van der Waals surface area contributed by atoms with Gasteiger partial charge in [-0.2, -0.15) is 4.98 Å². The molecule has 0 saturated heterocycles. The van der Waals surface area contributed by atoms with Crippen LogP contribution in [0.15, 0.2) is 52.1 Å². The van der Waals surface area contributed by atoms with Gasteiger partial charge in [-0.05, 0) is 37.1 Å². The molecule has 7 nitrogen and oxygen atoms in total. The predicted molar refractivity (Wildman–Crippen MR) is 106 cm³/mol. The molecule has 0 aliphatic rings. The maximum atomic E-state index is 5.63. The lowest BCUT2D eigenvalue weighted by molar-refractivity contribution is 0.107. The highest BCUT2D eigenvalue weighted by molar-refractivity contribution is 5.80. The Hall–Kier alpha value is -3.35. The summed E-state index contributed by atoms with van der Waals surface area (Å²) in [6.07, 6.45) is 2.52. The fraction of sp³-hybridized carbons (Fsp3) is 0.286. The number of aromatic nitrogens is 2. The van der Waals surface area contributed by atoms with Crippen molar-refractivity contribution in [3.05, 3.63) is 59.5 Å². The topological polar surface area (TPSA) is 79.0 Å². The minimum absolute atomic E-state index is 0.0875.